The molecule has 0 amide bonds. The molecule has 5 atom stereocenters. The molecule has 1 saturated carbocycles. The van der Waals surface area contributed by atoms with Gasteiger partial charge in [0.2, 0.25) is 0 Å². The van der Waals surface area contributed by atoms with E-state index in [2.05, 4.69) is 52.8 Å². The Labute approximate surface area is 147 Å². The van der Waals surface area contributed by atoms with Crippen molar-refractivity contribution in [3.05, 3.63) is 34.9 Å². The first-order valence-electron chi connectivity index (χ1n) is 9.78. The van der Waals surface area contributed by atoms with Crippen molar-refractivity contribution in [3.8, 4) is 0 Å². The zero-order chi connectivity index (χ0) is 17.3. The normalized spacial score (nSPS) is 46.0. The van der Waals surface area contributed by atoms with Crippen LogP contribution in [0.3, 0.4) is 0 Å². The molecular formula is C23H32O. The summed E-state index contributed by atoms with van der Waals surface area (Å²) in [6.07, 6.45) is 14.7. The Kier molecular flexibility index (Phi) is 3.38. The van der Waals surface area contributed by atoms with Gasteiger partial charge in [0.25, 0.3) is 0 Å². The van der Waals surface area contributed by atoms with Gasteiger partial charge in [-0.1, -0.05) is 57.1 Å². The summed E-state index contributed by atoms with van der Waals surface area (Å²) in [5.74, 6) is 1.16. The number of hydrogen-bond donors (Lipinski definition) is 0. The third-order valence-electron chi connectivity index (χ3n) is 8.62. The van der Waals surface area contributed by atoms with Gasteiger partial charge in [-0.05, 0) is 67.3 Å². The zero-order valence-electron chi connectivity index (χ0n) is 16.0. The minimum Gasteiger partial charge on any atom is -0.303 e. The van der Waals surface area contributed by atoms with Crippen molar-refractivity contribution in [1.82, 2.24) is 0 Å². The number of carbonyl (C=O) groups excluding carboxylic acids is 1. The Hall–Kier alpha value is -1.11. The molecule has 0 radical (unpaired) electrons. The summed E-state index contributed by atoms with van der Waals surface area (Å²) in [6.45, 7) is 12.0. The molecule has 0 aromatic heterocycles. The van der Waals surface area contributed by atoms with Gasteiger partial charge in [0.1, 0.15) is 6.29 Å². The van der Waals surface area contributed by atoms with Crippen molar-refractivity contribution in [2.75, 3.05) is 0 Å². The molecule has 0 bridgehead atoms. The summed E-state index contributed by atoms with van der Waals surface area (Å²) >= 11 is 0. The zero-order valence-corrected chi connectivity index (χ0v) is 16.0. The minimum atomic E-state index is 0.0694. The Balaban J connectivity index is 1.87. The predicted octanol–water partition coefficient (Wildman–Crippen LogP) is 5.88. The van der Waals surface area contributed by atoms with Crippen LogP contribution < -0.4 is 0 Å². The summed E-state index contributed by atoms with van der Waals surface area (Å²) < 4.78 is 0. The van der Waals surface area contributed by atoms with Crippen molar-refractivity contribution in [1.29, 1.82) is 0 Å². The number of aldehydes is 1. The molecule has 130 valence electrons. The molecule has 1 heteroatoms. The number of hydrogen-bond acceptors (Lipinski definition) is 1. The second-order valence-electron chi connectivity index (χ2n) is 9.99. The quantitative estimate of drug-likeness (QED) is 0.435. The van der Waals surface area contributed by atoms with E-state index in [4.69, 9.17) is 0 Å². The molecule has 0 N–H and O–H groups in total. The van der Waals surface area contributed by atoms with E-state index in [9.17, 15) is 4.79 Å². The maximum atomic E-state index is 12.0. The SMILES string of the molecule is CC1=CC2=CC(C=O)C3C(=CCC4(C)C3CCC4(C)C)C2(C)CC1. The number of rotatable bonds is 1. The van der Waals surface area contributed by atoms with Gasteiger partial charge in [0.05, 0.1) is 0 Å². The molecule has 1 fully saturated rings. The lowest BCUT2D eigenvalue weighted by Crippen LogP contribution is -2.48. The van der Waals surface area contributed by atoms with Crippen LogP contribution in [0.5, 0.6) is 0 Å². The summed E-state index contributed by atoms with van der Waals surface area (Å²) in [5, 5.41) is 0. The smallest absolute Gasteiger partial charge is 0.127 e. The van der Waals surface area contributed by atoms with Gasteiger partial charge in [-0.25, -0.2) is 0 Å². The van der Waals surface area contributed by atoms with E-state index >= 15 is 0 Å². The van der Waals surface area contributed by atoms with Crippen LogP contribution in [0.1, 0.15) is 66.7 Å². The molecule has 0 spiro atoms. The maximum absolute atomic E-state index is 12.0. The molecule has 4 aliphatic rings. The third kappa shape index (κ3) is 1.90. The molecule has 0 heterocycles. The van der Waals surface area contributed by atoms with Gasteiger partial charge >= 0.3 is 0 Å². The Bertz CT molecular complexity index is 676. The van der Waals surface area contributed by atoms with E-state index in [1.54, 1.807) is 5.57 Å². The van der Waals surface area contributed by atoms with Crippen molar-refractivity contribution in [2.24, 2.45) is 34.0 Å². The molecule has 0 aliphatic heterocycles. The Morgan fingerprint density at radius 1 is 1.17 bits per heavy atom. The summed E-state index contributed by atoms with van der Waals surface area (Å²) in [5.41, 5.74) is 5.35. The third-order valence-corrected chi connectivity index (χ3v) is 8.62. The Morgan fingerprint density at radius 2 is 1.92 bits per heavy atom. The van der Waals surface area contributed by atoms with Crippen LogP contribution in [-0.2, 0) is 4.79 Å². The van der Waals surface area contributed by atoms with E-state index in [0.717, 1.165) is 0 Å². The van der Waals surface area contributed by atoms with Crippen LogP contribution in [0, 0.1) is 34.0 Å². The molecule has 5 unspecified atom stereocenters. The van der Waals surface area contributed by atoms with Gasteiger partial charge < -0.3 is 4.79 Å². The summed E-state index contributed by atoms with van der Waals surface area (Å²) in [7, 11) is 0. The van der Waals surface area contributed by atoms with Gasteiger partial charge in [-0.15, -0.1) is 0 Å². The molecule has 4 rings (SSSR count). The van der Waals surface area contributed by atoms with E-state index < -0.39 is 0 Å². The van der Waals surface area contributed by atoms with Gasteiger partial charge in [0, 0.05) is 11.3 Å². The highest BCUT2D eigenvalue weighted by molar-refractivity contribution is 5.63. The fourth-order valence-corrected chi connectivity index (χ4v) is 6.44. The lowest BCUT2D eigenvalue weighted by atomic mass is 9.49. The van der Waals surface area contributed by atoms with Crippen LogP contribution >= 0.6 is 0 Å². The molecule has 0 aromatic carbocycles. The second kappa shape index (κ2) is 4.96. The fourth-order valence-electron chi connectivity index (χ4n) is 6.44. The molecule has 4 aliphatic carbocycles. The first-order chi connectivity index (χ1) is 11.2. The van der Waals surface area contributed by atoms with Crippen LogP contribution in [0.4, 0.5) is 0 Å². The molecule has 0 saturated heterocycles. The minimum absolute atomic E-state index is 0.0694. The first-order valence-corrected chi connectivity index (χ1v) is 9.78. The summed E-state index contributed by atoms with van der Waals surface area (Å²) in [4.78, 5) is 12.0. The van der Waals surface area contributed by atoms with Gasteiger partial charge in [-0.2, -0.15) is 0 Å². The second-order valence-corrected chi connectivity index (χ2v) is 9.99. The number of carbonyl (C=O) groups is 1. The van der Waals surface area contributed by atoms with Crippen molar-refractivity contribution in [3.63, 3.8) is 0 Å². The average molecular weight is 325 g/mol. The number of allylic oxidation sites excluding steroid dienone is 6. The number of fused-ring (bicyclic) bond motifs is 5. The standard InChI is InChI=1S/C23H32O/c1-15-6-10-22(4)17(12-15)13-16(14-24)20-18(22)8-11-23(5)19(20)7-9-21(23,2)3/h8,12-14,16,19-20H,6-7,9-11H2,1-5H3. The van der Waals surface area contributed by atoms with Crippen LogP contribution in [0.25, 0.3) is 0 Å². The fraction of sp³-hybridized carbons (Fsp3) is 0.696. The van der Waals surface area contributed by atoms with Gasteiger partial charge in [-0.3, -0.25) is 0 Å². The van der Waals surface area contributed by atoms with Crippen molar-refractivity contribution < 1.29 is 4.79 Å². The first kappa shape index (κ1) is 16.4. The van der Waals surface area contributed by atoms with E-state index in [0.29, 0.717) is 22.7 Å². The summed E-state index contributed by atoms with van der Waals surface area (Å²) in [6, 6.07) is 0. The average Bonchev–Trinajstić information content (AvgIpc) is 2.78. The highest BCUT2D eigenvalue weighted by Crippen LogP contribution is 2.67. The van der Waals surface area contributed by atoms with E-state index in [1.807, 2.05) is 0 Å². The monoisotopic (exact) mass is 324 g/mol. The lowest BCUT2D eigenvalue weighted by molar-refractivity contribution is -0.112. The Morgan fingerprint density at radius 3 is 2.62 bits per heavy atom. The highest BCUT2D eigenvalue weighted by Gasteiger charge is 2.59. The van der Waals surface area contributed by atoms with Gasteiger partial charge in [0.15, 0.2) is 0 Å². The van der Waals surface area contributed by atoms with E-state index in [-0.39, 0.29) is 11.3 Å². The van der Waals surface area contributed by atoms with Crippen LogP contribution in [0.15, 0.2) is 34.9 Å². The molecule has 1 nitrogen and oxygen atoms in total. The topological polar surface area (TPSA) is 17.1 Å². The lowest BCUT2D eigenvalue weighted by Gasteiger charge is -2.55. The van der Waals surface area contributed by atoms with Crippen LogP contribution in [0.2, 0.25) is 0 Å². The molecular weight excluding hydrogens is 292 g/mol. The predicted molar refractivity (Wildman–Crippen MR) is 99.5 cm³/mol. The maximum Gasteiger partial charge on any atom is 0.127 e. The molecule has 24 heavy (non-hydrogen) atoms. The van der Waals surface area contributed by atoms with E-state index in [1.165, 1.54) is 49.5 Å². The largest absolute Gasteiger partial charge is 0.303 e. The van der Waals surface area contributed by atoms with Crippen LogP contribution in [-0.4, -0.2) is 6.29 Å². The molecule has 0 aromatic rings. The van der Waals surface area contributed by atoms with Crippen molar-refractivity contribution in [2.45, 2.75) is 66.7 Å². The van der Waals surface area contributed by atoms with Crippen molar-refractivity contribution >= 4 is 6.29 Å². The highest BCUT2D eigenvalue weighted by atomic mass is 16.1.